The second kappa shape index (κ2) is 6.69. The van der Waals surface area contributed by atoms with E-state index in [1.807, 2.05) is 30.0 Å². The number of hydrogen-bond acceptors (Lipinski definition) is 4. The summed E-state index contributed by atoms with van der Waals surface area (Å²) in [5, 5.41) is 9.04. The minimum absolute atomic E-state index is 0.155. The fraction of sp³-hybridized carbons (Fsp3) is 0.556. The SMILES string of the molecule is CC1(C(=O)N2CCOC(c3cccc(C#N)c3)C2)CCCOC1. The van der Waals surface area contributed by atoms with E-state index in [1.54, 1.807) is 6.07 Å². The van der Waals surface area contributed by atoms with Crippen molar-refractivity contribution in [1.82, 2.24) is 4.90 Å². The van der Waals surface area contributed by atoms with E-state index in [0.29, 0.717) is 31.9 Å². The molecule has 0 saturated carbocycles. The number of carbonyl (C=O) groups is 1. The molecule has 2 fully saturated rings. The molecule has 1 amide bonds. The molecule has 23 heavy (non-hydrogen) atoms. The first kappa shape index (κ1) is 16.0. The largest absolute Gasteiger partial charge is 0.380 e. The molecule has 2 aliphatic heterocycles. The van der Waals surface area contributed by atoms with Crippen molar-refractivity contribution in [2.45, 2.75) is 25.9 Å². The van der Waals surface area contributed by atoms with E-state index in [1.165, 1.54) is 0 Å². The number of carbonyl (C=O) groups excluding carboxylic acids is 1. The Hall–Kier alpha value is -1.90. The summed E-state index contributed by atoms with van der Waals surface area (Å²) >= 11 is 0. The van der Waals surface area contributed by atoms with Crippen LogP contribution in [0, 0.1) is 16.7 Å². The number of ether oxygens (including phenoxy) is 2. The van der Waals surface area contributed by atoms with Gasteiger partial charge in [0.05, 0.1) is 36.8 Å². The van der Waals surface area contributed by atoms with Crippen LogP contribution in [0.3, 0.4) is 0 Å². The number of morpholine rings is 1. The fourth-order valence-corrected chi connectivity index (χ4v) is 3.33. The maximum atomic E-state index is 12.9. The van der Waals surface area contributed by atoms with Crippen molar-refractivity contribution in [2.75, 3.05) is 32.9 Å². The zero-order chi connectivity index (χ0) is 16.3. The maximum Gasteiger partial charge on any atom is 0.231 e. The molecular weight excluding hydrogens is 292 g/mol. The second-order valence-electron chi connectivity index (χ2n) is 6.56. The second-order valence-corrected chi connectivity index (χ2v) is 6.56. The Morgan fingerprint density at radius 2 is 2.30 bits per heavy atom. The molecule has 0 aromatic heterocycles. The van der Waals surface area contributed by atoms with Crippen LogP contribution in [0.4, 0.5) is 0 Å². The molecule has 5 heteroatoms. The maximum absolute atomic E-state index is 12.9. The van der Waals surface area contributed by atoms with Gasteiger partial charge in [0, 0.05) is 13.2 Å². The van der Waals surface area contributed by atoms with Crippen LogP contribution < -0.4 is 0 Å². The van der Waals surface area contributed by atoms with Gasteiger partial charge in [-0.2, -0.15) is 5.26 Å². The Bertz CT molecular complexity index is 617. The Balaban J connectivity index is 1.73. The van der Waals surface area contributed by atoms with Gasteiger partial charge in [-0.15, -0.1) is 0 Å². The predicted molar refractivity (Wildman–Crippen MR) is 84.6 cm³/mol. The van der Waals surface area contributed by atoms with Crippen LogP contribution in [0.5, 0.6) is 0 Å². The number of amides is 1. The number of rotatable bonds is 2. The molecule has 0 N–H and O–H groups in total. The molecule has 0 aliphatic carbocycles. The van der Waals surface area contributed by atoms with Gasteiger partial charge in [-0.3, -0.25) is 4.79 Å². The van der Waals surface area contributed by atoms with Crippen molar-refractivity contribution in [2.24, 2.45) is 5.41 Å². The van der Waals surface area contributed by atoms with E-state index in [0.717, 1.165) is 25.0 Å². The predicted octanol–water partition coefficient (Wildman–Crippen LogP) is 2.27. The molecule has 2 aliphatic rings. The molecule has 2 heterocycles. The lowest BCUT2D eigenvalue weighted by atomic mass is 9.83. The van der Waals surface area contributed by atoms with Crippen molar-refractivity contribution >= 4 is 5.91 Å². The van der Waals surface area contributed by atoms with Gasteiger partial charge in [-0.05, 0) is 37.5 Å². The summed E-state index contributed by atoms with van der Waals surface area (Å²) in [7, 11) is 0. The smallest absolute Gasteiger partial charge is 0.231 e. The number of nitrogens with zero attached hydrogens (tertiary/aromatic N) is 2. The zero-order valence-corrected chi connectivity index (χ0v) is 13.5. The molecule has 122 valence electrons. The highest BCUT2D eigenvalue weighted by Crippen LogP contribution is 2.32. The van der Waals surface area contributed by atoms with Crippen molar-refractivity contribution in [3.63, 3.8) is 0 Å². The lowest BCUT2D eigenvalue weighted by molar-refractivity contribution is -0.156. The summed E-state index contributed by atoms with van der Waals surface area (Å²) in [6.45, 7) is 4.90. The Morgan fingerprint density at radius 1 is 1.43 bits per heavy atom. The fourth-order valence-electron chi connectivity index (χ4n) is 3.33. The van der Waals surface area contributed by atoms with Crippen molar-refractivity contribution in [3.05, 3.63) is 35.4 Å². The molecular formula is C18H22N2O3. The van der Waals surface area contributed by atoms with Gasteiger partial charge in [-0.25, -0.2) is 0 Å². The Morgan fingerprint density at radius 3 is 3.04 bits per heavy atom. The van der Waals surface area contributed by atoms with E-state index >= 15 is 0 Å². The van der Waals surface area contributed by atoms with Gasteiger partial charge in [-0.1, -0.05) is 12.1 Å². The number of benzene rings is 1. The summed E-state index contributed by atoms with van der Waals surface area (Å²) in [6, 6.07) is 9.56. The third kappa shape index (κ3) is 3.39. The first-order valence-electron chi connectivity index (χ1n) is 8.11. The van der Waals surface area contributed by atoms with E-state index in [-0.39, 0.29) is 12.0 Å². The molecule has 1 aromatic rings. The van der Waals surface area contributed by atoms with Gasteiger partial charge in [0.25, 0.3) is 0 Å². The van der Waals surface area contributed by atoms with Crippen LogP contribution in [-0.2, 0) is 14.3 Å². The van der Waals surface area contributed by atoms with Crippen LogP contribution in [0.15, 0.2) is 24.3 Å². The average Bonchev–Trinajstić information content (AvgIpc) is 2.62. The van der Waals surface area contributed by atoms with Gasteiger partial charge >= 0.3 is 0 Å². The van der Waals surface area contributed by atoms with E-state index in [2.05, 4.69) is 6.07 Å². The monoisotopic (exact) mass is 314 g/mol. The molecule has 2 unspecified atom stereocenters. The molecule has 1 aromatic carbocycles. The van der Waals surface area contributed by atoms with Crippen molar-refractivity contribution < 1.29 is 14.3 Å². The quantitative estimate of drug-likeness (QED) is 0.840. The van der Waals surface area contributed by atoms with E-state index in [4.69, 9.17) is 14.7 Å². The van der Waals surface area contributed by atoms with Gasteiger partial charge < -0.3 is 14.4 Å². The van der Waals surface area contributed by atoms with Gasteiger partial charge in [0.1, 0.15) is 6.10 Å². The van der Waals surface area contributed by atoms with Crippen molar-refractivity contribution in [1.29, 1.82) is 5.26 Å². The van der Waals surface area contributed by atoms with Crippen LogP contribution in [0.1, 0.15) is 37.0 Å². The topological polar surface area (TPSA) is 62.6 Å². The summed E-state index contributed by atoms with van der Waals surface area (Å²) in [5.74, 6) is 0.155. The van der Waals surface area contributed by atoms with E-state index in [9.17, 15) is 4.79 Å². The lowest BCUT2D eigenvalue weighted by Crippen LogP contribution is -2.51. The highest BCUT2D eigenvalue weighted by molar-refractivity contribution is 5.82. The molecule has 0 bridgehead atoms. The molecule has 0 radical (unpaired) electrons. The minimum Gasteiger partial charge on any atom is -0.380 e. The van der Waals surface area contributed by atoms with Crippen molar-refractivity contribution in [3.8, 4) is 6.07 Å². The molecule has 3 rings (SSSR count). The Kier molecular flexibility index (Phi) is 4.65. The van der Waals surface area contributed by atoms with Crippen LogP contribution in [-0.4, -0.2) is 43.7 Å². The third-order valence-corrected chi connectivity index (χ3v) is 4.70. The number of hydrogen-bond donors (Lipinski definition) is 0. The molecule has 5 nitrogen and oxygen atoms in total. The standard InChI is InChI=1S/C18H22N2O3/c1-18(6-3-8-22-13-18)17(21)20-7-9-23-16(12-20)15-5-2-4-14(10-15)11-19/h2,4-5,10,16H,3,6-9,12-13H2,1H3. The zero-order valence-electron chi connectivity index (χ0n) is 13.5. The third-order valence-electron chi connectivity index (χ3n) is 4.70. The normalized spacial score (nSPS) is 28.2. The lowest BCUT2D eigenvalue weighted by Gasteiger charge is -2.40. The van der Waals surface area contributed by atoms with Crippen LogP contribution in [0.2, 0.25) is 0 Å². The first-order chi connectivity index (χ1) is 11.1. The van der Waals surface area contributed by atoms with Crippen LogP contribution in [0.25, 0.3) is 0 Å². The molecule has 2 saturated heterocycles. The summed E-state index contributed by atoms with van der Waals surface area (Å²) in [5.41, 5.74) is 1.14. The molecule has 0 spiro atoms. The average molecular weight is 314 g/mol. The summed E-state index contributed by atoms with van der Waals surface area (Å²) in [4.78, 5) is 14.8. The van der Waals surface area contributed by atoms with E-state index < -0.39 is 5.41 Å². The highest BCUT2D eigenvalue weighted by Gasteiger charge is 2.40. The molecule has 2 atom stereocenters. The minimum atomic E-state index is -0.422. The van der Waals surface area contributed by atoms with Gasteiger partial charge in [0.2, 0.25) is 5.91 Å². The number of nitriles is 1. The summed E-state index contributed by atoms with van der Waals surface area (Å²) < 4.78 is 11.4. The first-order valence-corrected chi connectivity index (χ1v) is 8.11. The summed E-state index contributed by atoms with van der Waals surface area (Å²) in [6.07, 6.45) is 1.63. The Labute approximate surface area is 136 Å². The van der Waals surface area contributed by atoms with Crippen LogP contribution >= 0.6 is 0 Å². The highest BCUT2D eigenvalue weighted by atomic mass is 16.5. The van der Waals surface area contributed by atoms with Gasteiger partial charge in [0.15, 0.2) is 0 Å².